The lowest BCUT2D eigenvalue weighted by Gasteiger charge is -2.22. The molecule has 1 fully saturated rings. The maximum Gasteiger partial charge on any atom is 0.223 e. The first-order chi connectivity index (χ1) is 7.09. The number of carbonyl (C=O) groups excluding carboxylic acids is 2. The zero-order chi connectivity index (χ0) is 11.3. The molecule has 1 rings (SSSR count). The second kappa shape index (κ2) is 5.85. The van der Waals surface area contributed by atoms with Crippen molar-refractivity contribution in [2.75, 3.05) is 6.61 Å². The summed E-state index contributed by atoms with van der Waals surface area (Å²) in [6.07, 6.45) is 3.57. The van der Waals surface area contributed by atoms with Gasteiger partial charge in [-0.1, -0.05) is 0 Å². The molecule has 0 spiro atoms. The van der Waals surface area contributed by atoms with E-state index in [1.165, 1.54) is 6.92 Å². The topological polar surface area (TPSA) is 55.4 Å². The highest BCUT2D eigenvalue weighted by atomic mass is 16.5. The molecular weight excluding hydrogens is 194 g/mol. The number of nitrogens with one attached hydrogen (secondary N) is 1. The van der Waals surface area contributed by atoms with Gasteiger partial charge in [-0.2, -0.15) is 0 Å². The summed E-state index contributed by atoms with van der Waals surface area (Å²) in [5.41, 5.74) is 0. The molecular formula is C11H19NO3. The average molecular weight is 213 g/mol. The Labute approximate surface area is 90.4 Å². The van der Waals surface area contributed by atoms with Gasteiger partial charge in [-0.15, -0.1) is 0 Å². The molecule has 2 unspecified atom stereocenters. The van der Waals surface area contributed by atoms with Gasteiger partial charge >= 0.3 is 0 Å². The molecule has 2 atom stereocenters. The van der Waals surface area contributed by atoms with Crippen molar-refractivity contribution in [3.8, 4) is 0 Å². The third-order valence-corrected chi connectivity index (χ3v) is 2.67. The standard InChI is InChI=1S/C11H19NO3/c1-8(9(2)13)12-11(14)7-10-5-3-4-6-15-10/h8,10H,3-7H2,1-2H3,(H,12,14). The first-order valence-corrected chi connectivity index (χ1v) is 5.51. The lowest BCUT2D eigenvalue weighted by molar-refractivity contribution is -0.129. The zero-order valence-corrected chi connectivity index (χ0v) is 9.41. The molecule has 0 aliphatic carbocycles. The fourth-order valence-corrected chi connectivity index (χ4v) is 1.58. The number of Topliss-reactive ketones (excluding diaryl/α,β-unsaturated/α-hetero) is 1. The van der Waals surface area contributed by atoms with Crippen LogP contribution in [-0.4, -0.2) is 30.4 Å². The van der Waals surface area contributed by atoms with Crippen LogP contribution in [0.4, 0.5) is 0 Å². The van der Waals surface area contributed by atoms with Crippen molar-refractivity contribution in [2.24, 2.45) is 0 Å². The summed E-state index contributed by atoms with van der Waals surface area (Å²) < 4.78 is 5.44. The van der Waals surface area contributed by atoms with Crippen LogP contribution in [0.3, 0.4) is 0 Å². The minimum atomic E-state index is -0.388. The van der Waals surface area contributed by atoms with E-state index < -0.39 is 0 Å². The molecule has 1 aliphatic heterocycles. The van der Waals surface area contributed by atoms with Gasteiger partial charge in [0.15, 0.2) is 5.78 Å². The van der Waals surface area contributed by atoms with Gasteiger partial charge in [-0.05, 0) is 33.1 Å². The molecule has 15 heavy (non-hydrogen) atoms. The maximum absolute atomic E-state index is 11.5. The van der Waals surface area contributed by atoms with Gasteiger partial charge in [0.2, 0.25) is 5.91 Å². The smallest absolute Gasteiger partial charge is 0.223 e. The van der Waals surface area contributed by atoms with Gasteiger partial charge in [0.1, 0.15) is 0 Å². The van der Waals surface area contributed by atoms with Gasteiger partial charge in [0.25, 0.3) is 0 Å². The van der Waals surface area contributed by atoms with E-state index in [9.17, 15) is 9.59 Å². The summed E-state index contributed by atoms with van der Waals surface area (Å²) in [4.78, 5) is 22.4. The van der Waals surface area contributed by atoms with E-state index in [2.05, 4.69) is 5.32 Å². The lowest BCUT2D eigenvalue weighted by atomic mass is 10.1. The molecule has 1 heterocycles. The number of rotatable bonds is 4. The highest BCUT2D eigenvalue weighted by molar-refractivity contribution is 5.87. The molecule has 1 saturated heterocycles. The van der Waals surface area contributed by atoms with E-state index in [-0.39, 0.29) is 23.8 Å². The molecule has 1 aliphatic rings. The quantitative estimate of drug-likeness (QED) is 0.759. The van der Waals surface area contributed by atoms with Crippen LogP contribution in [0.15, 0.2) is 0 Å². The first kappa shape index (κ1) is 12.2. The fraction of sp³-hybridized carbons (Fsp3) is 0.818. The van der Waals surface area contributed by atoms with Crippen molar-refractivity contribution in [3.05, 3.63) is 0 Å². The Balaban J connectivity index is 2.25. The number of ketones is 1. The predicted octanol–water partition coefficient (Wildman–Crippen LogP) is 1.04. The minimum Gasteiger partial charge on any atom is -0.378 e. The van der Waals surface area contributed by atoms with Gasteiger partial charge in [-0.25, -0.2) is 0 Å². The van der Waals surface area contributed by atoms with Crippen LogP contribution in [0.5, 0.6) is 0 Å². The molecule has 0 radical (unpaired) electrons. The van der Waals surface area contributed by atoms with Crippen LogP contribution < -0.4 is 5.32 Å². The van der Waals surface area contributed by atoms with Crippen molar-refractivity contribution in [1.29, 1.82) is 0 Å². The summed E-state index contributed by atoms with van der Waals surface area (Å²) in [6, 6.07) is -0.388. The van der Waals surface area contributed by atoms with Crippen molar-refractivity contribution in [2.45, 2.75) is 51.7 Å². The van der Waals surface area contributed by atoms with Crippen LogP contribution in [0.1, 0.15) is 39.5 Å². The second-order valence-corrected chi connectivity index (χ2v) is 4.09. The Morgan fingerprint density at radius 1 is 1.47 bits per heavy atom. The van der Waals surface area contributed by atoms with Crippen molar-refractivity contribution in [3.63, 3.8) is 0 Å². The second-order valence-electron chi connectivity index (χ2n) is 4.09. The monoisotopic (exact) mass is 213 g/mol. The third-order valence-electron chi connectivity index (χ3n) is 2.67. The highest BCUT2D eigenvalue weighted by Gasteiger charge is 2.19. The number of hydrogen-bond donors (Lipinski definition) is 1. The molecule has 0 bridgehead atoms. The summed E-state index contributed by atoms with van der Waals surface area (Å²) in [6.45, 7) is 3.92. The van der Waals surface area contributed by atoms with E-state index in [0.717, 1.165) is 25.9 Å². The lowest BCUT2D eigenvalue weighted by Crippen LogP contribution is -2.39. The average Bonchev–Trinajstić information content (AvgIpc) is 2.18. The van der Waals surface area contributed by atoms with Gasteiger partial charge in [-0.3, -0.25) is 9.59 Å². The normalized spacial score (nSPS) is 23.2. The molecule has 0 aromatic rings. The van der Waals surface area contributed by atoms with E-state index in [1.807, 2.05) is 0 Å². The van der Waals surface area contributed by atoms with E-state index >= 15 is 0 Å². The fourth-order valence-electron chi connectivity index (χ4n) is 1.58. The van der Waals surface area contributed by atoms with Crippen molar-refractivity contribution >= 4 is 11.7 Å². The third kappa shape index (κ3) is 4.42. The summed E-state index contributed by atoms with van der Waals surface area (Å²) in [5.74, 6) is -0.113. The number of ether oxygens (including phenoxy) is 1. The summed E-state index contributed by atoms with van der Waals surface area (Å²) >= 11 is 0. The molecule has 86 valence electrons. The van der Waals surface area contributed by atoms with Crippen molar-refractivity contribution < 1.29 is 14.3 Å². The van der Waals surface area contributed by atoms with Crippen LogP contribution >= 0.6 is 0 Å². The Kier molecular flexibility index (Phi) is 4.75. The maximum atomic E-state index is 11.5. The van der Waals surface area contributed by atoms with Crippen LogP contribution in [-0.2, 0) is 14.3 Å². The Bertz CT molecular complexity index is 234. The number of amides is 1. The summed E-state index contributed by atoms with van der Waals surface area (Å²) in [5, 5.41) is 2.66. The summed E-state index contributed by atoms with van der Waals surface area (Å²) in [7, 11) is 0. The first-order valence-electron chi connectivity index (χ1n) is 5.51. The molecule has 4 heteroatoms. The molecule has 0 saturated carbocycles. The Morgan fingerprint density at radius 3 is 2.73 bits per heavy atom. The van der Waals surface area contributed by atoms with Crippen LogP contribution in [0, 0.1) is 0 Å². The Hall–Kier alpha value is -0.900. The molecule has 0 aromatic heterocycles. The van der Waals surface area contributed by atoms with E-state index in [4.69, 9.17) is 4.74 Å². The van der Waals surface area contributed by atoms with Gasteiger partial charge in [0, 0.05) is 6.61 Å². The Morgan fingerprint density at radius 2 is 2.20 bits per heavy atom. The molecule has 4 nitrogen and oxygen atoms in total. The van der Waals surface area contributed by atoms with Crippen molar-refractivity contribution in [1.82, 2.24) is 5.32 Å². The SMILES string of the molecule is CC(=O)C(C)NC(=O)CC1CCCCO1. The van der Waals surface area contributed by atoms with Crippen LogP contribution in [0.2, 0.25) is 0 Å². The minimum absolute atomic E-state index is 0.0205. The number of hydrogen-bond acceptors (Lipinski definition) is 3. The van der Waals surface area contributed by atoms with Gasteiger partial charge in [0.05, 0.1) is 18.6 Å². The highest BCUT2D eigenvalue weighted by Crippen LogP contribution is 2.15. The molecule has 0 aromatic carbocycles. The van der Waals surface area contributed by atoms with E-state index in [1.54, 1.807) is 6.92 Å². The zero-order valence-electron chi connectivity index (χ0n) is 9.41. The molecule has 1 amide bonds. The van der Waals surface area contributed by atoms with Gasteiger partial charge < -0.3 is 10.1 Å². The molecule has 1 N–H and O–H groups in total. The van der Waals surface area contributed by atoms with Crippen LogP contribution in [0.25, 0.3) is 0 Å². The number of carbonyl (C=O) groups is 2. The predicted molar refractivity (Wildman–Crippen MR) is 56.5 cm³/mol. The largest absolute Gasteiger partial charge is 0.378 e. The van der Waals surface area contributed by atoms with E-state index in [0.29, 0.717) is 6.42 Å².